The molecule has 84 valence electrons. The first-order valence-corrected chi connectivity index (χ1v) is 5.53. The minimum atomic E-state index is -0.378. The van der Waals surface area contributed by atoms with Crippen molar-refractivity contribution >= 4 is 6.08 Å². The van der Waals surface area contributed by atoms with E-state index >= 15 is 0 Å². The van der Waals surface area contributed by atoms with Crippen LogP contribution in [0.3, 0.4) is 0 Å². The molecule has 2 rings (SSSR count). The van der Waals surface area contributed by atoms with Crippen molar-refractivity contribution in [3.8, 4) is 0 Å². The molecule has 0 amide bonds. The summed E-state index contributed by atoms with van der Waals surface area (Å²) in [4.78, 5) is 14.3. The van der Waals surface area contributed by atoms with Gasteiger partial charge in [0, 0.05) is 0 Å². The second kappa shape index (κ2) is 4.20. The van der Waals surface area contributed by atoms with Gasteiger partial charge in [-0.1, -0.05) is 24.3 Å². The van der Waals surface area contributed by atoms with Crippen LogP contribution in [0.25, 0.3) is 0 Å². The van der Waals surface area contributed by atoms with Crippen LogP contribution in [0.4, 0.5) is 0 Å². The molecule has 0 aliphatic heterocycles. The van der Waals surface area contributed by atoms with Gasteiger partial charge in [0.1, 0.15) is 0 Å². The van der Waals surface area contributed by atoms with Crippen molar-refractivity contribution in [1.82, 2.24) is 0 Å². The molecule has 3 nitrogen and oxygen atoms in total. The molecule has 0 saturated heterocycles. The van der Waals surface area contributed by atoms with E-state index in [4.69, 9.17) is 0 Å². The predicted molar refractivity (Wildman–Crippen MR) is 60.9 cm³/mol. The molecule has 0 heterocycles. The molecule has 1 N–H and O–H groups in total. The van der Waals surface area contributed by atoms with Gasteiger partial charge in [0.25, 0.3) is 0 Å². The largest absolute Gasteiger partial charge is 0.393 e. The van der Waals surface area contributed by atoms with Crippen molar-refractivity contribution in [2.24, 2.45) is 4.99 Å². The van der Waals surface area contributed by atoms with Gasteiger partial charge >= 0.3 is 0 Å². The smallest absolute Gasteiger partial charge is 0.235 e. The van der Waals surface area contributed by atoms with Gasteiger partial charge in [-0.2, -0.15) is 4.99 Å². The molecular weight excluding hydrogens is 202 g/mol. The summed E-state index contributed by atoms with van der Waals surface area (Å²) < 4.78 is 0. The van der Waals surface area contributed by atoms with Gasteiger partial charge in [-0.3, -0.25) is 0 Å². The van der Waals surface area contributed by atoms with Gasteiger partial charge in [0.2, 0.25) is 6.08 Å². The van der Waals surface area contributed by atoms with Crippen molar-refractivity contribution in [2.75, 3.05) is 0 Å². The summed E-state index contributed by atoms with van der Waals surface area (Å²) in [5, 5.41) is 9.44. The molecule has 0 radical (unpaired) electrons. The average molecular weight is 217 g/mol. The molecule has 16 heavy (non-hydrogen) atoms. The summed E-state index contributed by atoms with van der Waals surface area (Å²) >= 11 is 0. The fourth-order valence-electron chi connectivity index (χ4n) is 2.12. The average Bonchev–Trinajstić information content (AvgIpc) is 2.99. The Balaban J connectivity index is 2.37. The number of aliphatic hydroxyl groups excluding tert-OH is 1. The lowest BCUT2D eigenvalue weighted by atomic mass is 9.95. The van der Waals surface area contributed by atoms with Crippen LogP contribution in [0, 0.1) is 0 Å². The molecule has 1 aliphatic rings. The number of aliphatic hydroxyl groups is 1. The zero-order valence-corrected chi connectivity index (χ0v) is 9.31. The van der Waals surface area contributed by atoms with E-state index in [9.17, 15) is 9.90 Å². The maximum Gasteiger partial charge on any atom is 0.235 e. The molecule has 0 bridgehead atoms. The van der Waals surface area contributed by atoms with Crippen LogP contribution in [0.5, 0.6) is 0 Å². The Morgan fingerprint density at radius 2 is 2.19 bits per heavy atom. The standard InChI is InChI=1S/C13H15NO2/c1-10(16)8-11-4-2-3-5-12(11)13(6-7-13)14-9-15/h2-5,10,16H,6-8H2,1H3. The lowest BCUT2D eigenvalue weighted by molar-refractivity contribution is 0.195. The highest BCUT2D eigenvalue weighted by molar-refractivity contribution is 5.44. The first-order chi connectivity index (χ1) is 7.68. The molecule has 1 atom stereocenters. The van der Waals surface area contributed by atoms with E-state index in [2.05, 4.69) is 4.99 Å². The fraction of sp³-hybridized carbons (Fsp3) is 0.462. The Bertz CT molecular complexity index is 429. The summed E-state index contributed by atoms with van der Waals surface area (Å²) in [6.07, 6.45) is 3.69. The van der Waals surface area contributed by atoms with Crippen LogP contribution in [-0.2, 0) is 16.8 Å². The predicted octanol–water partition coefficient (Wildman–Crippen LogP) is 1.93. The zero-order chi connectivity index (χ0) is 11.6. The minimum Gasteiger partial charge on any atom is -0.393 e. The molecular formula is C13H15NO2. The third-order valence-corrected chi connectivity index (χ3v) is 3.02. The highest BCUT2D eigenvalue weighted by atomic mass is 16.3. The quantitative estimate of drug-likeness (QED) is 0.619. The molecule has 1 aromatic rings. The minimum absolute atomic E-state index is 0.340. The van der Waals surface area contributed by atoms with Crippen molar-refractivity contribution in [1.29, 1.82) is 0 Å². The summed E-state index contributed by atoms with van der Waals surface area (Å²) in [6.45, 7) is 1.76. The number of hydrogen-bond donors (Lipinski definition) is 1. The maximum absolute atomic E-state index is 10.4. The molecule has 0 spiro atoms. The van der Waals surface area contributed by atoms with Gasteiger partial charge < -0.3 is 5.11 Å². The van der Waals surface area contributed by atoms with Crippen molar-refractivity contribution in [3.63, 3.8) is 0 Å². The van der Waals surface area contributed by atoms with Crippen LogP contribution in [0.15, 0.2) is 29.3 Å². The van der Waals surface area contributed by atoms with Crippen molar-refractivity contribution in [2.45, 2.75) is 37.8 Å². The van der Waals surface area contributed by atoms with Crippen LogP contribution in [0.1, 0.15) is 30.9 Å². The molecule has 0 aromatic heterocycles. The summed E-state index contributed by atoms with van der Waals surface area (Å²) in [5.74, 6) is 0. The third kappa shape index (κ3) is 2.06. The number of aliphatic imine (C=N–C) groups is 1. The number of isocyanates is 1. The lowest BCUT2D eigenvalue weighted by Crippen LogP contribution is -2.11. The van der Waals surface area contributed by atoms with Gasteiger partial charge in [-0.05, 0) is 37.3 Å². The van der Waals surface area contributed by atoms with Gasteiger partial charge in [0.15, 0.2) is 0 Å². The van der Waals surface area contributed by atoms with E-state index in [0.29, 0.717) is 6.42 Å². The van der Waals surface area contributed by atoms with Crippen molar-refractivity contribution < 1.29 is 9.90 Å². The summed E-state index contributed by atoms with van der Waals surface area (Å²) in [7, 11) is 0. The Hall–Kier alpha value is -1.44. The number of benzene rings is 1. The van der Waals surface area contributed by atoms with E-state index in [-0.39, 0.29) is 11.6 Å². The third-order valence-electron chi connectivity index (χ3n) is 3.02. The van der Waals surface area contributed by atoms with E-state index in [1.165, 1.54) is 0 Å². The number of carbonyl (C=O) groups excluding carboxylic acids is 1. The van der Waals surface area contributed by atoms with Gasteiger partial charge in [-0.25, -0.2) is 4.79 Å². The Kier molecular flexibility index (Phi) is 2.90. The summed E-state index contributed by atoms with van der Waals surface area (Å²) in [6, 6.07) is 7.87. The lowest BCUT2D eigenvalue weighted by Gasteiger charge is -2.15. The number of rotatable bonds is 4. The van der Waals surface area contributed by atoms with Crippen LogP contribution in [0.2, 0.25) is 0 Å². The number of nitrogens with zero attached hydrogens (tertiary/aromatic N) is 1. The van der Waals surface area contributed by atoms with Crippen LogP contribution >= 0.6 is 0 Å². The van der Waals surface area contributed by atoms with E-state index in [1.54, 1.807) is 13.0 Å². The Morgan fingerprint density at radius 1 is 1.50 bits per heavy atom. The van der Waals surface area contributed by atoms with Gasteiger partial charge in [0.05, 0.1) is 11.6 Å². The first-order valence-electron chi connectivity index (χ1n) is 5.53. The van der Waals surface area contributed by atoms with Crippen molar-refractivity contribution in [3.05, 3.63) is 35.4 Å². The van der Waals surface area contributed by atoms with Crippen LogP contribution in [-0.4, -0.2) is 17.3 Å². The van der Waals surface area contributed by atoms with Gasteiger partial charge in [-0.15, -0.1) is 0 Å². The zero-order valence-electron chi connectivity index (χ0n) is 9.31. The first kappa shape index (κ1) is 11.1. The monoisotopic (exact) mass is 217 g/mol. The Morgan fingerprint density at radius 3 is 2.75 bits per heavy atom. The molecule has 1 aromatic carbocycles. The number of hydrogen-bond acceptors (Lipinski definition) is 3. The second-order valence-corrected chi connectivity index (χ2v) is 4.44. The topological polar surface area (TPSA) is 49.7 Å². The van der Waals surface area contributed by atoms with E-state index in [0.717, 1.165) is 24.0 Å². The second-order valence-electron chi connectivity index (χ2n) is 4.44. The van der Waals surface area contributed by atoms with E-state index in [1.807, 2.05) is 24.3 Å². The highest BCUT2D eigenvalue weighted by Crippen LogP contribution is 2.50. The maximum atomic E-state index is 10.4. The fourth-order valence-corrected chi connectivity index (χ4v) is 2.12. The molecule has 1 aliphatic carbocycles. The highest BCUT2D eigenvalue weighted by Gasteiger charge is 2.45. The van der Waals surface area contributed by atoms with E-state index < -0.39 is 0 Å². The molecule has 3 heteroatoms. The van der Waals surface area contributed by atoms with Crippen LogP contribution < -0.4 is 0 Å². The normalized spacial score (nSPS) is 18.6. The molecule has 1 saturated carbocycles. The SMILES string of the molecule is CC(O)Cc1ccccc1C1(N=C=O)CC1. The Labute approximate surface area is 94.8 Å². The summed E-state index contributed by atoms with van der Waals surface area (Å²) in [5.41, 5.74) is 1.81. The molecule has 1 fully saturated rings. The molecule has 1 unspecified atom stereocenters.